The van der Waals surface area contributed by atoms with Gasteiger partial charge in [-0.15, -0.1) is 0 Å². The summed E-state index contributed by atoms with van der Waals surface area (Å²) in [5.41, 5.74) is 7.01. The van der Waals surface area contributed by atoms with Crippen molar-refractivity contribution in [2.45, 2.75) is 31.9 Å². The molecule has 1 unspecified atom stereocenters. The molecule has 0 spiro atoms. The van der Waals surface area contributed by atoms with Gasteiger partial charge >= 0.3 is 0 Å². The van der Waals surface area contributed by atoms with Crippen LogP contribution in [0.3, 0.4) is 0 Å². The largest absolute Gasteiger partial charge is 0.486 e. The van der Waals surface area contributed by atoms with E-state index in [1.54, 1.807) is 0 Å². The minimum atomic E-state index is -0.192. The maximum Gasteiger partial charge on any atom is 0.139 e. The molecule has 2 N–H and O–H groups in total. The molecule has 1 aromatic rings. The third kappa shape index (κ3) is 2.22. The first-order chi connectivity index (χ1) is 6.89. The predicted molar refractivity (Wildman–Crippen MR) is 68.1 cm³/mol. The summed E-state index contributed by atoms with van der Waals surface area (Å²) >= 11 is 6.96. The van der Waals surface area contributed by atoms with Crippen molar-refractivity contribution in [3.05, 3.63) is 26.6 Å². The normalized spacial score (nSPS) is 23.1. The smallest absolute Gasteiger partial charge is 0.139 e. The first-order valence-electron chi connectivity index (χ1n) is 4.82. The zero-order valence-electron chi connectivity index (χ0n) is 8.68. The lowest BCUT2D eigenvalue weighted by Crippen LogP contribution is -2.37. The lowest BCUT2D eigenvalue weighted by molar-refractivity contribution is 0.0718. The van der Waals surface area contributed by atoms with Crippen LogP contribution in [-0.2, 0) is 0 Å². The van der Waals surface area contributed by atoms with Crippen molar-refractivity contribution >= 4 is 31.9 Å². The van der Waals surface area contributed by atoms with E-state index in [2.05, 4.69) is 45.7 Å². The quantitative estimate of drug-likeness (QED) is 0.783. The minimum absolute atomic E-state index is 0.0394. The zero-order chi connectivity index (χ0) is 11.2. The van der Waals surface area contributed by atoms with Gasteiger partial charge in [-0.25, -0.2) is 0 Å². The van der Waals surface area contributed by atoms with Gasteiger partial charge in [0, 0.05) is 22.5 Å². The van der Waals surface area contributed by atoms with Crippen LogP contribution in [0.15, 0.2) is 21.1 Å². The molecule has 4 heteroatoms. The van der Waals surface area contributed by atoms with Gasteiger partial charge in [0.25, 0.3) is 0 Å². The van der Waals surface area contributed by atoms with E-state index in [0.717, 1.165) is 26.7 Å². The molecule has 0 aromatic heterocycles. The van der Waals surface area contributed by atoms with Gasteiger partial charge in [-0.05, 0) is 41.9 Å². The molecule has 2 rings (SSSR count). The van der Waals surface area contributed by atoms with Gasteiger partial charge in [0.05, 0.1) is 4.47 Å². The van der Waals surface area contributed by atoms with Crippen LogP contribution in [0.4, 0.5) is 0 Å². The number of rotatable bonds is 0. The van der Waals surface area contributed by atoms with Crippen LogP contribution in [0.2, 0.25) is 0 Å². The van der Waals surface area contributed by atoms with E-state index in [4.69, 9.17) is 10.5 Å². The van der Waals surface area contributed by atoms with E-state index >= 15 is 0 Å². The number of hydrogen-bond acceptors (Lipinski definition) is 2. The maximum absolute atomic E-state index is 6.14. The van der Waals surface area contributed by atoms with Crippen LogP contribution in [0, 0.1) is 0 Å². The molecule has 1 atom stereocenters. The van der Waals surface area contributed by atoms with Crippen LogP contribution in [0.5, 0.6) is 5.75 Å². The van der Waals surface area contributed by atoms with E-state index in [0.29, 0.717) is 0 Å². The van der Waals surface area contributed by atoms with Crippen molar-refractivity contribution in [2.24, 2.45) is 5.73 Å². The van der Waals surface area contributed by atoms with Crippen LogP contribution >= 0.6 is 31.9 Å². The summed E-state index contributed by atoms with van der Waals surface area (Å²) in [6, 6.07) is 4.05. The van der Waals surface area contributed by atoms with Crippen LogP contribution in [0.25, 0.3) is 0 Å². The molecule has 82 valence electrons. The second-order valence-electron chi connectivity index (χ2n) is 4.48. The van der Waals surface area contributed by atoms with E-state index in [9.17, 15) is 0 Å². The zero-order valence-corrected chi connectivity index (χ0v) is 11.9. The average molecular weight is 335 g/mol. The van der Waals surface area contributed by atoms with Gasteiger partial charge in [0.2, 0.25) is 0 Å². The fraction of sp³-hybridized carbons (Fsp3) is 0.455. The van der Waals surface area contributed by atoms with Crippen molar-refractivity contribution < 1.29 is 4.74 Å². The molecule has 0 saturated heterocycles. The molecule has 15 heavy (non-hydrogen) atoms. The van der Waals surface area contributed by atoms with Crippen LogP contribution in [0.1, 0.15) is 31.9 Å². The Kier molecular flexibility index (Phi) is 2.86. The number of ether oxygens (including phenoxy) is 1. The van der Waals surface area contributed by atoms with E-state index in [1.165, 1.54) is 0 Å². The Balaban J connectivity index is 2.55. The summed E-state index contributed by atoms with van der Waals surface area (Å²) < 4.78 is 7.90. The highest BCUT2D eigenvalue weighted by Crippen LogP contribution is 2.43. The summed E-state index contributed by atoms with van der Waals surface area (Å²) in [5.74, 6) is 0.877. The number of nitrogens with two attached hydrogens (primary N) is 1. The molecule has 1 aliphatic heterocycles. The highest BCUT2D eigenvalue weighted by atomic mass is 79.9. The lowest BCUT2D eigenvalue weighted by Gasteiger charge is -2.36. The number of hydrogen-bond donors (Lipinski definition) is 1. The van der Waals surface area contributed by atoms with Crippen molar-refractivity contribution in [1.29, 1.82) is 0 Å². The molecule has 0 saturated carbocycles. The first-order valence-corrected chi connectivity index (χ1v) is 6.41. The van der Waals surface area contributed by atoms with Gasteiger partial charge in [-0.2, -0.15) is 0 Å². The summed E-state index contributed by atoms with van der Waals surface area (Å²) in [6.45, 7) is 4.12. The molecule has 0 amide bonds. The van der Waals surface area contributed by atoms with Crippen molar-refractivity contribution in [3.8, 4) is 5.75 Å². The second-order valence-corrected chi connectivity index (χ2v) is 6.25. The minimum Gasteiger partial charge on any atom is -0.486 e. The summed E-state index contributed by atoms with van der Waals surface area (Å²) in [7, 11) is 0. The molecule has 0 aliphatic carbocycles. The third-order valence-electron chi connectivity index (χ3n) is 2.53. The van der Waals surface area contributed by atoms with Crippen LogP contribution in [-0.4, -0.2) is 5.60 Å². The average Bonchev–Trinajstić information content (AvgIpc) is 2.06. The van der Waals surface area contributed by atoms with Gasteiger partial charge in [-0.1, -0.05) is 15.9 Å². The molecule has 0 radical (unpaired) electrons. The topological polar surface area (TPSA) is 35.2 Å². The van der Waals surface area contributed by atoms with Gasteiger partial charge in [0.15, 0.2) is 0 Å². The number of fused-ring (bicyclic) bond motifs is 1. The monoisotopic (exact) mass is 333 g/mol. The van der Waals surface area contributed by atoms with E-state index in [1.807, 2.05) is 12.1 Å². The molecular weight excluding hydrogens is 322 g/mol. The molecule has 1 aromatic carbocycles. The van der Waals surface area contributed by atoms with E-state index in [-0.39, 0.29) is 11.6 Å². The van der Waals surface area contributed by atoms with Gasteiger partial charge in [-0.3, -0.25) is 0 Å². The number of benzene rings is 1. The fourth-order valence-electron chi connectivity index (χ4n) is 1.92. The van der Waals surface area contributed by atoms with Gasteiger partial charge in [0.1, 0.15) is 11.4 Å². The standard InChI is InChI=1S/C11H13Br2NO/c1-11(2)5-9(14)7-3-6(12)4-8(13)10(7)15-11/h3-4,9H,5,14H2,1-2H3. The molecule has 2 nitrogen and oxygen atoms in total. The van der Waals surface area contributed by atoms with Gasteiger partial charge < -0.3 is 10.5 Å². The Morgan fingerprint density at radius 1 is 1.40 bits per heavy atom. The first kappa shape index (κ1) is 11.4. The Morgan fingerprint density at radius 3 is 2.73 bits per heavy atom. The SMILES string of the molecule is CC1(C)CC(N)c2cc(Br)cc(Br)c2O1. The Morgan fingerprint density at radius 2 is 2.07 bits per heavy atom. The molecule has 0 bridgehead atoms. The summed E-state index contributed by atoms with van der Waals surface area (Å²) in [5, 5.41) is 0. The maximum atomic E-state index is 6.14. The Labute approximate surface area is 106 Å². The van der Waals surface area contributed by atoms with E-state index < -0.39 is 0 Å². The summed E-state index contributed by atoms with van der Waals surface area (Å²) in [4.78, 5) is 0. The van der Waals surface area contributed by atoms with Crippen molar-refractivity contribution in [1.82, 2.24) is 0 Å². The highest BCUT2D eigenvalue weighted by molar-refractivity contribution is 9.11. The highest BCUT2D eigenvalue weighted by Gasteiger charge is 2.33. The molecular formula is C11H13Br2NO. The molecule has 0 fully saturated rings. The van der Waals surface area contributed by atoms with Crippen molar-refractivity contribution in [3.63, 3.8) is 0 Å². The Hall–Kier alpha value is -0.0600. The molecule has 1 heterocycles. The lowest BCUT2D eigenvalue weighted by atomic mass is 9.90. The Bertz CT molecular complexity index is 404. The predicted octanol–water partition coefficient (Wildman–Crippen LogP) is 3.77. The second kappa shape index (κ2) is 3.75. The third-order valence-corrected chi connectivity index (χ3v) is 3.57. The molecule has 1 aliphatic rings. The van der Waals surface area contributed by atoms with Crippen LogP contribution < -0.4 is 10.5 Å². The number of halogens is 2. The van der Waals surface area contributed by atoms with Crippen molar-refractivity contribution in [2.75, 3.05) is 0 Å². The summed E-state index contributed by atoms with van der Waals surface area (Å²) in [6.07, 6.45) is 0.836. The fourth-order valence-corrected chi connectivity index (χ4v) is 3.26.